The molecule has 2 N–H and O–H groups in total. The lowest BCUT2D eigenvalue weighted by molar-refractivity contribution is -0.149. The molecule has 3 saturated heterocycles. The van der Waals surface area contributed by atoms with Crippen LogP contribution < -0.4 is 4.90 Å². The highest BCUT2D eigenvalue weighted by Crippen LogP contribution is 2.58. The van der Waals surface area contributed by atoms with Crippen molar-refractivity contribution in [3.05, 3.63) is 41.9 Å². The molecule has 2 amide bonds. The molecule has 2 unspecified atom stereocenters. The van der Waals surface area contributed by atoms with Gasteiger partial charge in [0.05, 0.1) is 24.5 Å². The summed E-state index contributed by atoms with van der Waals surface area (Å²) < 4.78 is 6.10. The van der Waals surface area contributed by atoms with Crippen molar-refractivity contribution in [1.29, 1.82) is 0 Å². The maximum atomic E-state index is 13.8. The number of aliphatic hydroxyl groups is 1. The Bertz CT molecular complexity index is 890. The van der Waals surface area contributed by atoms with E-state index in [0.29, 0.717) is 23.6 Å². The summed E-state index contributed by atoms with van der Waals surface area (Å²) >= 11 is 5.97. The average molecular weight is 435 g/mol. The van der Waals surface area contributed by atoms with Crippen LogP contribution in [0, 0.1) is 11.8 Å². The van der Waals surface area contributed by atoms with Gasteiger partial charge >= 0.3 is 5.97 Å². The number of anilines is 1. The fourth-order valence-corrected chi connectivity index (χ4v) is 5.41. The van der Waals surface area contributed by atoms with Crippen molar-refractivity contribution in [3.8, 4) is 0 Å². The molecule has 1 spiro atoms. The lowest BCUT2D eigenvalue weighted by Gasteiger charge is -2.36. The normalized spacial score (nSPS) is 31.7. The second kappa shape index (κ2) is 7.68. The minimum Gasteiger partial charge on any atom is -0.481 e. The first kappa shape index (κ1) is 20.8. The predicted molar refractivity (Wildman–Crippen MR) is 108 cm³/mol. The van der Waals surface area contributed by atoms with E-state index >= 15 is 0 Å². The van der Waals surface area contributed by atoms with Crippen molar-refractivity contribution in [2.45, 2.75) is 30.6 Å². The highest BCUT2D eigenvalue weighted by Gasteiger charge is 2.74. The topological polar surface area (TPSA) is 107 Å². The van der Waals surface area contributed by atoms with Crippen LogP contribution in [0.1, 0.15) is 12.8 Å². The molecule has 3 heterocycles. The minimum atomic E-state index is -1.21. The molecule has 9 heteroatoms. The lowest BCUT2D eigenvalue weighted by atomic mass is 9.70. The molecule has 30 heavy (non-hydrogen) atoms. The van der Waals surface area contributed by atoms with Crippen molar-refractivity contribution in [1.82, 2.24) is 4.90 Å². The fraction of sp³-hybridized carbons (Fsp3) is 0.476. The van der Waals surface area contributed by atoms with Crippen LogP contribution in [0.3, 0.4) is 0 Å². The number of nitrogens with zero attached hydrogens (tertiary/aromatic N) is 2. The van der Waals surface area contributed by atoms with Gasteiger partial charge < -0.3 is 24.7 Å². The number of β-amino-alcohol motifs (C(OH)–C–C–N with tert-alkyl or cyclic N) is 1. The number of hydrogen-bond donors (Lipinski definition) is 2. The zero-order valence-electron chi connectivity index (χ0n) is 16.2. The molecule has 5 atom stereocenters. The molecule has 1 aromatic rings. The summed E-state index contributed by atoms with van der Waals surface area (Å²) in [6, 6.07) is 5.68. The van der Waals surface area contributed by atoms with Gasteiger partial charge in [-0.2, -0.15) is 0 Å². The van der Waals surface area contributed by atoms with E-state index in [1.807, 2.05) is 0 Å². The summed E-state index contributed by atoms with van der Waals surface area (Å²) in [6.45, 7) is 3.49. The van der Waals surface area contributed by atoms with Crippen LogP contribution >= 0.6 is 11.6 Å². The van der Waals surface area contributed by atoms with Gasteiger partial charge in [0.1, 0.15) is 11.6 Å². The van der Waals surface area contributed by atoms with Gasteiger partial charge in [0.15, 0.2) is 0 Å². The van der Waals surface area contributed by atoms with Gasteiger partial charge in [0, 0.05) is 23.8 Å². The quantitative estimate of drug-likeness (QED) is 0.626. The molecule has 2 bridgehead atoms. The van der Waals surface area contributed by atoms with E-state index in [0.717, 1.165) is 0 Å². The number of fused-ring (bicyclic) bond motifs is 1. The first-order chi connectivity index (χ1) is 14.4. The number of carbonyl (C=O) groups is 3. The Morgan fingerprint density at radius 1 is 1.37 bits per heavy atom. The number of hydrogen-bond acceptors (Lipinski definition) is 5. The number of carboxylic acids is 1. The molecule has 3 fully saturated rings. The summed E-state index contributed by atoms with van der Waals surface area (Å²) in [6.07, 6.45) is 1.87. The van der Waals surface area contributed by atoms with Crippen molar-refractivity contribution in [3.63, 3.8) is 0 Å². The third kappa shape index (κ3) is 2.93. The monoisotopic (exact) mass is 434 g/mol. The summed E-state index contributed by atoms with van der Waals surface area (Å²) in [4.78, 5) is 41.7. The third-order valence-corrected chi connectivity index (χ3v) is 6.63. The maximum Gasteiger partial charge on any atom is 0.310 e. The molecule has 8 nitrogen and oxygen atoms in total. The number of ether oxygens (including phenoxy) is 1. The second-order valence-corrected chi connectivity index (χ2v) is 8.30. The molecule has 3 aliphatic heterocycles. The number of carboxylic acid groups (broad SMARTS) is 1. The Balaban J connectivity index is 1.77. The van der Waals surface area contributed by atoms with Gasteiger partial charge in [-0.15, -0.1) is 6.58 Å². The van der Waals surface area contributed by atoms with Crippen molar-refractivity contribution < 1.29 is 29.3 Å². The lowest BCUT2D eigenvalue weighted by Crippen LogP contribution is -2.56. The maximum absolute atomic E-state index is 13.8. The molecule has 0 saturated carbocycles. The van der Waals surface area contributed by atoms with Gasteiger partial charge in [-0.3, -0.25) is 14.4 Å². The van der Waals surface area contributed by atoms with E-state index < -0.39 is 47.4 Å². The number of benzene rings is 1. The number of rotatable bonds is 7. The van der Waals surface area contributed by atoms with Gasteiger partial charge in [-0.1, -0.05) is 17.7 Å². The molecule has 160 valence electrons. The first-order valence-corrected chi connectivity index (χ1v) is 10.2. The van der Waals surface area contributed by atoms with Crippen LogP contribution in [0.25, 0.3) is 0 Å². The molecular weight excluding hydrogens is 412 g/mol. The van der Waals surface area contributed by atoms with Gasteiger partial charge in [0.2, 0.25) is 5.91 Å². The van der Waals surface area contributed by atoms with E-state index in [2.05, 4.69) is 6.58 Å². The molecule has 4 rings (SSSR count). The third-order valence-electron chi connectivity index (χ3n) is 6.38. The summed E-state index contributed by atoms with van der Waals surface area (Å²) in [7, 11) is 0. The zero-order valence-corrected chi connectivity index (χ0v) is 17.0. The Kier molecular flexibility index (Phi) is 5.34. The van der Waals surface area contributed by atoms with Gasteiger partial charge in [-0.25, -0.2) is 0 Å². The zero-order chi connectivity index (χ0) is 21.6. The number of carbonyl (C=O) groups excluding carboxylic acids is 2. The molecule has 0 aliphatic carbocycles. The van der Waals surface area contributed by atoms with Crippen LogP contribution in [-0.2, 0) is 19.1 Å². The van der Waals surface area contributed by atoms with E-state index in [9.17, 15) is 24.6 Å². The second-order valence-electron chi connectivity index (χ2n) is 7.86. The number of likely N-dealkylation sites (tertiary alicyclic amines) is 1. The van der Waals surface area contributed by atoms with E-state index in [4.69, 9.17) is 16.3 Å². The van der Waals surface area contributed by atoms with E-state index in [-0.39, 0.29) is 19.7 Å². The van der Waals surface area contributed by atoms with E-state index in [1.54, 1.807) is 30.3 Å². The van der Waals surface area contributed by atoms with Crippen LogP contribution in [-0.4, -0.2) is 70.3 Å². The average Bonchev–Trinajstić information content (AvgIpc) is 3.35. The Labute approximate surface area is 178 Å². The number of aliphatic hydroxyl groups excluding tert-OH is 1. The number of amides is 2. The molecule has 0 aromatic heterocycles. The predicted octanol–water partition coefficient (Wildman–Crippen LogP) is 1.31. The number of halogens is 1. The van der Waals surface area contributed by atoms with Gasteiger partial charge in [0.25, 0.3) is 5.91 Å². The largest absolute Gasteiger partial charge is 0.481 e. The van der Waals surface area contributed by atoms with Crippen molar-refractivity contribution in [2.24, 2.45) is 11.8 Å². The van der Waals surface area contributed by atoms with Crippen LogP contribution in [0.4, 0.5) is 5.69 Å². The van der Waals surface area contributed by atoms with Gasteiger partial charge in [-0.05, 0) is 37.1 Å². The van der Waals surface area contributed by atoms with Crippen LogP contribution in [0.15, 0.2) is 36.9 Å². The smallest absolute Gasteiger partial charge is 0.310 e. The van der Waals surface area contributed by atoms with Crippen LogP contribution in [0.2, 0.25) is 5.02 Å². The Morgan fingerprint density at radius 3 is 2.67 bits per heavy atom. The first-order valence-electron chi connectivity index (χ1n) is 9.85. The summed E-state index contributed by atoms with van der Waals surface area (Å²) in [5.41, 5.74) is -0.633. The molecule has 3 aliphatic rings. The standard InChI is InChI=1S/C21H23ClN2O6/c1-2-9-23(13-5-3-12(22)4-6-13)19(27)17-21-8-7-14(30-21)15(20(28)29)16(21)18(26)24(17)10-11-25/h2-6,14-17,25H,1,7-11H2,(H,28,29)/t14-,15+,16-,17?,21?/m0/s1. The molecule has 0 radical (unpaired) electrons. The van der Waals surface area contributed by atoms with Crippen molar-refractivity contribution >= 4 is 35.1 Å². The van der Waals surface area contributed by atoms with E-state index in [1.165, 1.54) is 9.80 Å². The Hall–Kier alpha value is -2.42. The minimum absolute atomic E-state index is 0.0730. The molecular formula is C21H23ClN2O6. The highest BCUT2D eigenvalue weighted by molar-refractivity contribution is 6.30. The van der Waals surface area contributed by atoms with Crippen molar-refractivity contribution in [2.75, 3.05) is 24.6 Å². The van der Waals surface area contributed by atoms with Crippen LogP contribution in [0.5, 0.6) is 0 Å². The summed E-state index contributed by atoms with van der Waals surface area (Å²) in [5, 5.41) is 19.8. The Morgan fingerprint density at radius 2 is 2.07 bits per heavy atom. The fourth-order valence-electron chi connectivity index (χ4n) is 5.28. The highest BCUT2D eigenvalue weighted by atomic mass is 35.5. The SMILES string of the molecule is C=CCN(C(=O)C1N(CCO)C(=O)[C@@H]2[C@H](C(=O)O)[C@@H]3CCC12O3)c1ccc(Cl)cc1. The molecule has 1 aromatic carbocycles. The number of aliphatic carboxylic acids is 1. The summed E-state index contributed by atoms with van der Waals surface area (Å²) in [5.74, 6) is -3.88.